The molecule has 2 unspecified atom stereocenters. The summed E-state index contributed by atoms with van der Waals surface area (Å²) < 4.78 is 5.46. The van der Waals surface area contributed by atoms with Crippen LogP contribution < -0.4 is 16.4 Å². The van der Waals surface area contributed by atoms with Crippen LogP contribution >= 0.6 is 0 Å². The Labute approximate surface area is 89.1 Å². The molecule has 0 aromatic carbocycles. The number of rotatable bonds is 3. The number of nitrogens with one attached hydrogen (secondary N) is 2. The number of carbonyl (C=O) groups excluding carboxylic acids is 1. The zero-order chi connectivity index (χ0) is 10.7. The first kappa shape index (κ1) is 10.8. The second-order valence-electron chi connectivity index (χ2n) is 3.88. The molecule has 2 rings (SSSR count). The molecule has 2 fully saturated rings. The lowest BCUT2D eigenvalue weighted by Gasteiger charge is -2.35. The summed E-state index contributed by atoms with van der Waals surface area (Å²) in [4.78, 5) is 13.5. The van der Waals surface area contributed by atoms with Crippen molar-refractivity contribution in [3.8, 4) is 0 Å². The van der Waals surface area contributed by atoms with Gasteiger partial charge in [0.05, 0.1) is 6.61 Å². The van der Waals surface area contributed by atoms with E-state index in [1.54, 1.807) is 0 Å². The molecule has 15 heavy (non-hydrogen) atoms. The molecule has 2 aliphatic rings. The van der Waals surface area contributed by atoms with Gasteiger partial charge in [-0.1, -0.05) is 0 Å². The summed E-state index contributed by atoms with van der Waals surface area (Å²) in [6, 6.07) is -0.338. The van der Waals surface area contributed by atoms with E-state index in [-0.39, 0.29) is 18.2 Å². The van der Waals surface area contributed by atoms with Gasteiger partial charge in [-0.05, 0) is 0 Å². The van der Waals surface area contributed by atoms with Gasteiger partial charge in [0.15, 0.2) is 0 Å². The standard InChI is InChI=1S/C9H18N4O2/c10-8(14)7(9-12-3-6-15-9)13-4-1-11-2-5-13/h7,9,11-12H,1-6H2,(H2,10,14). The van der Waals surface area contributed by atoms with Crippen LogP contribution in [0.15, 0.2) is 0 Å². The summed E-state index contributed by atoms with van der Waals surface area (Å²) >= 11 is 0. The Balaban J connectivity index is 2.00. The fourth-order valence-corrected chi connectivity index (χ4v) is 2.13. The molecule has 6 heteroatoms. The van der Waals surface area contributed by atoms with Gasteiger partial charge in [0.25, 0.3) is 0 Å². The maximum Gasteiger partial charge on any atom is 0.238 e. The van der Waals surface area contributed by atoms with Crippen LogP contribution in [0.2, 0.25) is 0 Å². The van der Waals surface area contributed by atoms with Gasteiger partial charge in [-0.15, -0.1) is 0 Å². The van der Waals surface area contributed by atoms with Gasteiger partial charge in [-0.3, -0.25) is 15.0 Å². The second-order valence-corrected chi connectivity index (χ2v) is 3.88. The maximum absolute atomic E-state index is 11.4. The number of primary amides is 1. The molecule has 0 aromatic rings. The number of hydrogen-bond donors (Lipinski definition) is 3. The first-order chi connectivity index (χ1) is 7.29. The van der Waals surface area contributed by atoms with E-state index >= 15 is 0 Å². The Kier molecular flexibility index (Phi) is 3.53. The van der Waals surface area contributed by atoms with Gasteiger partial charge in [0.1, 0.15) is 12.3 Å². The zero-order valence-corrected chi connectivity index (χ0v) is 8.74. The van der Waals surface area contributed by atoms with Crippen molar-refractivity contribution in [1.82, 2.24) is 15.5 Å². The monoisotopic (exact) mass is 214 g/mol. The van der Waals surface area contributed by atoms with E-state index in [0.717, 1.165) is 32.7 Å². The topological polar surface area (TPSA) is 79.6 Å². The second kappa shape index (κ2) is 4.89. The van der Waals surface area contributed by atoms with Crippen molar-refractivity contribution in [2.24, 2.45) is 5.73 Å². The Morgan fingerprint density at radius 3 is 2.67 bits per heavy atom. The van der Waals surface area contributed by atoms with E-state index < -0.39 is 0 Å². The maximum atomic E-state index is 11.4. The van der Waals surface area contributed by atoms with Crippen molar-refractivity contribution in [1.29, 1.82) is 0 Å². The van der Waals surface area contributed by atoms with Crippen LogP contribution in [-0.4, -0.2) is 62.4 Å². The lowest BCUT2D eigenvalue weighted by molar-refractivity contribution is -0.129. The van der Waals surface area contributed by atoms with Crippen molar-refractivity contribution in [2.75, 3.05) is 39.3 Å². The van der Waals surface area contributed by atoms with Gasteiger partial charge in [0.2, 0.25) is 5.91 Å². The zero-order valence-electron chi connectivity index (χ0n) is 8.74. The molecule has 0 aliphatic carbocycles. The van der Waals surface area contributed by atoms with Gasteiger partial charge >= 0.3 is 0 Å². The molecular weight excluding hydrogens is 196 g/mol. The number of hydrogen-bond acceptors (Lipinski definition) is 5. The minimum absolute atomic E-state index is 0.236. The third-order valence-corrected chi connectivity index (χ3v) is 2.87. The van der Waals surface area contributed by atoms with Crippen molar-refractivity contribution in [3.05, 3.63) is 0 Å². The summed E-state index contributed by atoms with van der Waals surface area (Å²) in [6.45, 7) is 4.93. The lowest BCUT2D eigenvalue weighted by atomic mass is 10.2. The minimum Gasteiger partial charge on any atom is -0.368 e. The van der Waals surface area contributed by atoms with E-state index in [4.69, 9.17) is 10.5 Å². The molecule has 2 heterocycles. The van der Waals surface area contributed by atoms with Crippen molar-refractivity contribution in [3.63, 3.8) is 0 Å². The normalized spacial score (nSPS) is 30.3. The number of nitrogens with zero attached hydrogens (tertiary/aromatic N) is 1. The van der Waals surface area contributed by atoms with Crippen LogP contribution in [-0.2, 0) is 9.53 Å². The van der Waals surface area contributed by atoms with Crippen LogP contribution in [0.3, 0.4) is 0 Å². The van der Waals surface area contributed by atoms with Crippen molar-refractivity contribution >= 4 is 5.91 Å². The average molecular weight is 214 g/mol. The molecule has 0 aromatic heterocycles. The minimum atomic E-state index is -0.338. The highest BCUT2D eigenvalue weighted by atomic mass is 16.5. The molecule has 0 radical (unpaired) electrons. The van der Waals surface area contributed by atoms with E-state index in [1.807, 2.05) is 0 Å². The SMILES string of the molecule is NC(=O)C(C1NCCO1)N1CCNCC1. The van der Waals surface area contributed by atoms with Gasteiger partial charge in [-0.25, -0.2) is 0 Å². The van der Waals surface area contributed by atoms with Crippen molar-refractivity contribution < 1.29 is 9.53 Å². The van der Waals surface area contributed by atoms with E-state index in [2.05, 4.69) is 15.5 Å². The number of ether oxygens (including phenoxy) is 1. The largest absolute Gasteiger partial charge is 0.368 e. The number of amides is 1. The molecule has 1 amide bonds. The van der Waals surface area contributed by atoms with Crippen LogP contribution in [0.4, 0.5) is 0 Å². The van der Waals surface area contributed by atoms with Crippen LogP contribution in [0.1, 0.15) is 0 Å². The van der Waals surface area contributed by atoms with Gasteiger partial charge in [0, 0.05) is 32.7 Å². The molecule has 2 atom stereocenters. The van der Waals surface area contributed by atoms with E-state index in [9.17, 15) is 4.79 Å². The Morgan fingerprint density at radius 2 is 2.13 bits per heavy atom. The predicted molar refractivity (Wildman–Crippen MR) is 55.2 cm³/mol. The summed E-state index contributed by atoms with van der Waals surface area (Å²) in [5, 5.41) is 6.39. The fraction of sp³-hybridized carbons (Fsp3) is 0.889. The number of piperazine rings is 1. The summed E-state index contributed by atoms with van der Waals surface area (Å²) in [7, 11) is 0. The quantitative estimate of drug-likeness (QED) is 0.492. The molecule has 2 aliphatic heterocycles. The fourth-order valence-electron chi connectivity index (χ4n) is 2.13. The molecule has 0 spiro atoms. The first-order valence-corrected chi connectivity index (χ1v) is 5.38. The highest BCUT2D eigenvalue weighted by Crippen LogP contribution is 2.10. The summed E-state index contributed by atoms with van der Waals surface area (Å²) in [6.07, 6.45) is -0.236. The van der Waals surface area contributed by atoms with Crippen LogP contribution in [0.25, 0.3) is 0 Å². The Hall–Kier alpha value is -0.690. The highest BCUT2D eigenvalue weighted by Gasteiger charge is 2.35. The third-order valence-electron chi connectivity index (χ3n) is 2.87. The summed E-state index contributed by atoms with van der Waals surface area (Å²) in [5.41, 5.74) is 5.43. The third kappa shape index (κ3) is 2.46. The Bertz CT molecular complexity index is 224. The highest BCUT2D eigenvalue weighted by molar-refractivity contribution is 5.80. The van der Waals surface area contributed by atoms with E-state index in [1.165, 1.54) is 0 Å². The predicted octanol–water partition coefficient (Wildman–Crippen LogP) is -2.31. The molecule has 4 N–H and O–H groups in total. The molecule has 0 saturated carbocycles. The molecule has 86 valence electrons. The smallest absolute Gasteiger partial charge is 0.238 e. The van der Waals surface area contributed by atoms with Crippen LogP contribution in [0, 0.1) is 0 Å². The average Bonchev–Trinajstić information content (AvgIpc) is 2.72. The summed E-state index contributed by atoms with van der Waals surface area (Å²) in [5.74, 6) is -0.309. The number of carbonyl (C=O) groups is 1. The lowest BCUT2D eigenvalue weighted by Crippen LogP contribution is -2.59. The van der Waals surface area contributed by atoms with Crippen molar-refractivity contribution in [2.45, 2.75) is 12.3 Å². The molecule has 0 bridgehead atoms. The van der Waals surface area contributed by atoms with Crippen LogP contribution in [0.5, 0.6) is 0 Å². The van der Waals surface area contributed by atoms with Gasteiger partial charge < -0.3 is 15.8 Å². The molecular formula is C9H18N4O2. The van der Waals surface area contributed by atoms with E-state index in [0.29, 0.717) is 6.61 Å². The molecule has 2 saturated heterocycles. The molecule has 6 nitrogen and oxygen atoms in total. The first-order valence-electron chi connectivity index (χ1n) is 5.38. The number of nitrogens with two attached hydrogens (primary N) is 1. The Morgan fingerprint density at radius 1 is 1.40 bits per heavy atom. The van der Waals surface area contributed by atoms with Gasteiger partial charge in [-0.2, -0.15) is 0 Å².